The number of aromatic nitrogens is 5. The Kier molecular flexibility index (Phi) is 8.12. The molecule has 0 saturated carbocycles. The van der Waals surface area contributed by atoms with Gasteiger partial charge in [0.05, 0.1) is 38.2 Å². The van der Waals surface area contributed by atoms with Crippen molar-refractivity contribution in [3.63, 3.8) is 0 Å². The summed E-state index contributed by atoms with van der Waals surface area (Å²) >= 11 is 13.4. The summed E-state index contributed by atoms with van der Waals surface area (Å²) in [7, 11) is 0. The van der Waals surface area contributed by atoms with Gasteiger partial charge < -0.3 is 9.80 Å². The minimum atomic E-state index is -0.579. The normalized spacial score (nSPS) is 15.4. The highest BCUT2D eigenvalue weighted by molar-refractivity contribution is 6.37. The second-order valence-corrected chi connectivity index (χ2v) is 11.3. The summed E-state index contributed by atoms with van der Waals surface area (Å²) in [5.74, 6) is 0.187. The molecule has 1 saturated heterocycles. The van der Waals surface area contributed by atoms with Crippen LogP contribution in [0.2, 0.25) is 10.0 Å². The number of fused-ring (bicyclic) bond motifs is 1. The van der Waals surface area contributed by atoms with Crippen LogP contribution < -0.4 is 10.6 Å². The number of aldehydes is 1. The first-order valence-corrected chi connectivity index (χ1v) is 14.2. The Balaban J connectivity index is 1.85. The van der Waals surface area contributed by atoms with E-state index in [-0.39, 0.29) is 39.3 Å². The number of aryl methyl sites for hydroxylation is 1. The van der Waals surface area contributed by atoms with Crippen LogP contribution in [0.1, 0.15) is 48.4 Å². The molecule has 0 unspecified atom stereocenters. The third-order valence-corrected chi connectivity index (χ3v) is 8.00. The van der Waals surface area contributed by atoms with Crippen molar-refractivity contribution in [2.75, 3.05) is 24.5 Å². The molecule has 0 spiro atoms. The van der Waals surface area contributed by atoms with E-state index in [2.05, 4.69) is 21.5 Å². The number of amides is 1. The number of hydrogen-bond donors (Lipinski definition) is 0. The maximum absolute atomic E-state index is 14.0. The van der Waals surface area contributed by atoms with Gasteiger partial charge >= 0.3 is 5.69 Å². The Morgan fingerprint density at radius 2 is 1.90 bits per heavy atom. The molecule has 4 aromatic rings. The molecule has 42 heavy (non-hydrogen) atoms. The minimum absolute atomic E-state index is 0.0455. The molecule has 0 N–H and O–H groups in total. The molecule has 0 aliphatic carbocycles. The van der Waals surface area contributed by atoms with Gasteiger partial charge in [0.1, 0.15) is 12.1 Å². The molecule has 1 fully saturated rings. The molecule has 1 amide bonds. The minimum Gasteiger partial charge on any atom is -0.350 e. The molecule has 4 heterocycles. The summed E-state index contributed by atoms with van der Waals surface area (Å²) in [5, 5.41) is 1.02. The van der Waals surface area contributed by atoms with E-state index < -0.39 is 5.69 Å². The highest BCUT2D eigenvalue weighted by atomic mass is 35.5. The van der Waals surface area contributed by atoms with Crippen LogP contribution in [0.25, 0.3) is 28.0 Å². The molecule has 12 heteroatoms. The van der Waals surface area contributed by atoms with Gasteiger partial charge in [-0.3, -0.25) is 9.59 Å². The monoisotopic (exact) mass is 605 g/mol. The summed E-state index contributed by atoms with van der Waals surface area (Å²) in [6.07, 6.45) is 3.44. The molecule has 1 atom stereocenters. The van der Waals surface area contributed by atoms with Crippen LogP contribution in [0.15, 0.2) is 48.0 Å². The van der Waals surface area contributed by atoms with Crippen molar-refractivity contribution < 1.29 is 9.59 Å². The van der Waals surface area contributed by atoms with Crippen molar-refractivity contribution in [2.45, 2.75) is 39.7 Å². The lowest BCUT2D eigenvalue weighted by Crippen LogP contribution is -2.54. The van der Waals surface area contributed by atoms with Crippen LogP contribution in [0.3, 0.4) is 0 Å². The number of halogens is 2. The van der Waals surface area contributed by atoms with E-state index >= 15 is 0 Å². The van der Waals surface area contributed by atoms with Gasteiger partial charge in [-0.15, -0.1) is 0 Å². The fourth-order valence-electron chi connectivity index (χ4n) is 5.38. The first-order valence-electron chi connectivity index (χ1n) is 13.4. The summed E-state index contributed by atoms with van der Waals surface area (Å²) in [6.45, 7) is 12.6. The smallest absolute Gasteiger partial charge is 0.350 e. The highest BCUT2D eigenvalue weighted by Gasteiger charge is 2.31. The third kappa shape index (κ3) is 5.05. The molecule has 0 bridgehead atoms. The quantitative estimate of drug-likeness (QED) is 0.222. The van der Waals surface area contributed by atoms with Crippen LogP contribution in [0, 0.1) is 6.92 Å². The van der Waals surface area contributed by atoms with Crippen LogP contribution in [-0.4, -0.2) is 67.3 Å². The first kappa shape index (κ1) is 29.3. The Morgan fingerprint density at radius 3 is 2.57 bits per heavy atom. The topological polar surface area (TPSA) is 114 Å². The fraction of sp³-hybridized carbons (Fsp3) is 0.300. The van der Waals surface area contributed by atoms with Gasteiger partial charge in [0.15, 0.2) is 11.9 Å². The number of carbonyl (C=O) groups excluding carboxylic acids is 2. The zero-order valence-electron chi connectivity index (χ0n) is 23.6. The van der Waals surface area contributed by atoms with E-state index in [4.69, 9.17) is 28.2 Å². The Bertz CT molecular complexity index is 1800. The number of nitrogens with zero attached hydrogens (tertiary/aromatic N) is 7. The number of carbonyl (C=O) groups is 2. The van der Waals surface area contributed by atoms with Crippen LogP contribution >= 0.6 is 23.2 Å². The predicted molar refractivity (Wildman–Crippen MR) is 164 cm³/mol. The van der Waals surface area contributed by atoms with E-state index in [0.29, 0.717) is 65.3 Å². The van der Waals surface area contributed by atoms with E-state index in [9.17, 15) is 14.4 Å². The fourth-order valence-corrected chi connectivity index (χ4v) is 5.89. The van der Waals surface area contributed by atoms with Crippen molar-refractivity contribution in [1.29, 1.82) is 0 Å². The van der Waals surface area contributed by atoms with E-state index in [1.54, 1.807) is 36.1 Å². The molecular formula is C30H29Cl2N7O3. The Hall–Kier alpha value is -4.15. The summed E-state index contributed by atoms with van der Waals surface area (Å²) in [4.78, 5) is 60.3. The van der Waals surface area contributed by atoms with Gasteiger partial charge in [-0.1, -0.05) is 55.8 Å². The lowest BCUT2D eigenvalue weighted by Gasteiger charge is -2.40. The average Bonchev–Trinajstić information content (AvgIpc) is 2.96. The van der Waals surface area contributed by atoms with E-state index in [1.165, 1.54) is 17.0 Å². The summed E-state index contributed by atoms with van der Waals surface area (Å²) in [6, 6.07) is 6.46. The number of hydrogen-bond acceptors (Lipinski definition) is 8. The van der Waals surface area contributed by atoms with Crippen molar-refractivity contribution in [3.05, 3.63) is 80.7 Å². The van der Waals surface area contributed by atoms with Crippen LogP contribution in [0.4, 0.5) is 5.82 Å². The number of benzene rings is 1. The second kappa shape index (κ2) is 11.6. The van der Waals surface area contributed by atoms with Crippen LogP contribution in [-0.2, 0) is 4.79 Å². The zero-order chi connectivity index (χ0) is 30.3. The largest absolute Gasteiger partial charge is 0.355 e. The van der Waals surface area contributed by atoms with Gasteiger partial charge in [-0.2, -0.15) is 4.98 Å². The highest BCUT2D eigenvalue weighted by Crippen LogP contribution is 2.38. The van der Waals surface area contributed by atoms with Crippen LogP contribution in [0.5, 0.6) is 0 Å². The second-order valence-electron chi connectivity index (χ2n) is 10.4. The number of rotatable bonds is 6. The lowest BCUT2D eigenvalue weighted by molar-refractivity contribution is -0.126. The zero-order valence-corrected chi connectivity index (χ0v) is 25.1. The number of pyridine rings is 1. The van der Waals surface area contributed by atoms with Crippen molar-refractivity contribution in [3.8, 4) is 16.9 Å². The molecule has 10 nitrogen and oxygen atoms in total. The SMILES string of the molecule is C=CC(=O)N1CCN(c2nc(=O)n(-c3c(C)ncnc3C(C)C)c3nc(-c4c(Cl)cccc4C=O)c(Cl)cc23)[C@@H](C)C1. The van der Waals surface area contributed by atoms with Crippen molar-refractivity contribution >= 4 is 52.2 Å². The molecule has 0 radical (unpaired) electrons. The molecule has 1 aliphatic heterocycles. The maximum atomic E-state index is 14.0. The third-order valence-electron chi connectivity index (χ3n) is 7.40. The Morgan fingerprint density at radius 1 is 1.14 bits per heavy atom. The van der Waals surface area contributed by atoms with E-state index in [0.717, 1.165) is 0 Å². The van der Waals surface area contributed by atoms with E-state index in [1.807, 2.05) is 25.7 Å². The van der Waals surface area contributed by atoms with Gasteiger partial charge in [0.25, 0.3) is 0 Å². The Labute approximate surface area is 252 Å². The molecule has 3 aromatic heterocycles. The lowest BCUT2D eigenvalue weighted by atomic mass is 10.0. The van der Waals surface area contributed by atoms with Gasteiger partial charge in [0.2, 0.25) is 5.91 Å². The van der Waals surface area contributed by atoms with Gasteiger partial charge in [-0.25, -0.2) is 24.3 Å². The molecule has 1 aliphatic rings. The summed E-state index contributed by atoms with van der Waals surface area (Å²) < 4.78 is 1.41. The maximum Gasteiger partial charge on any atom is 0.355 e. The molecular weight excluding hydrogens is 577 g/mol. The van der Waals surface area contributed by atoms with Gasteiger partial charge in [-0.05, 0) is 38.0 Å². The average molecular weight is 607 g/mol. The van der Waals surface area contributed by atoms with Crippen molar-refractivity contribution in [2.24, 2.45) is 0 Å². The standard InChI is InChI=1S/C30H29Cl2N7O3/c1-6-23(41)37-10-11-38(17(4)13-37)28-20-12-22(32)26(24-19(14-40)8-7-9-21(24)31)35-29(20)39(30(42)36-28)27-18(5)33-15-34-25(27)16(2)3/h6-9,12,14-17H,1,10-11,13H2,2-5H3/t17-/m0/s1. The molecule has 216 valence electrons. The number of piperazine rings is 1. The number of anilines is 1. The van der Waals surface area contributed by atoms with Gasteiger partial charge in [0, 0.05) is 36.8 Å². The first-order chi connectivity index (χ1) is 20.1. The van der Waals surface area contributed by atoms with Crippen molar-refractivity contribution in [1.82, 2.24) is 29.4 Å². The summed E-state index contributed by atoms with van der Waals surface area (Å²) in [5.41, 5.74) is 2.29. The molecule has 5 rings (SSSR count). The molecule has 1 aromatic carbocycles. The predicted octanol–water partition coefficient (Wildman–Crippen LogP) is 5.01.